The molecule has 7 aromatic rings. The Morgan fingerprint density at radius 1 is 0.207 bits per heavy atom. The third-order valence-electron chi connectivity index (χ3n) is 16.3. The van der Waals surface area contributed by atoms with Gasteiger partial charge in [-0.3, -0.25) is 28.8 Å². The van der Waals surface area contributed by atoms with Crippen LogP contribution in [0.15, 0.2) is 127 Å². The summed E-state index contributed by atoms with van der Waals surface area (Å²) >= 11 is 0. The number of ether oxygens (including phenoxy) is 16. The standard InChI is InChI=1S/C83H89N7O31/c1-83(2,3)121-82(105)90-18-25-120-63-37-51(72(95)84-12-19-114-61-33-47(68(91)86-14-21-116-64-39-53(74(97)106-4)29-54(40-64)75(98)107-5)26-48(34-61)69(92)87-15-22-117-65-41-55(76(99)108-6)30-56(42-65)77(100)109-7)28-52(38-63)73(96)85-13-20-115-62-35-49(70(93)88-16-23-118-66-43-57(78(101)110-8)31-58(44-66)79(102)111-9)27-50(36-62)71(94)89-17-24-119-67-45-59(80(103)112-10)32-60(46-67)81(104)113-11/h26-46H,12-25H2,1-11H3,(H,84,95)(H,85,96)(H,86,91)(H,87,92)(H,88,93)(H,89,94)(H,90,105). The lowest BCUT2D eigenvalue weighted by Crippen LogP contribution is -2.34. The lowest BCUT2D eigenvalue weighted by Gasteiger charge is -2.19. The van der Waals surface area contributed by atoms with Crippen LogP contribution in [0.3, 0.4) is 0 Å². The summed E-state index contributed by atoms with van der Waals surface area (Å²) in [5.74, 6) is -10.4. The van der Waals surface area contributed by atoms with Crippen molar-refractivity contribution in [1.29, 1.82) is 0 Å². The Balaban J connectivity index is 1.06. The average molecular weight is 1680 g/mol. The summed E-state index contributed by atoms with van der Waals surface area (Å²) in [4.78, 5) is 195. The van der Waals surface area contributed by atoms with Gasteiger partial charge >= 0.3 is 53.8 Å². The molecule has 0 aromatic heterocycles. The van der Waals surface area contributed by atoms with Crippen molar-refractivity contribution in [2.45, 2.75) is 26.4 Å². The molecule has 0 saturated carbocycles. The molecule has 0 bridgehead atoms. The van der Waals surface area contributed by atoms with Gasteiger partial charge in [-0.15, -0.1) is 0 Å². The Morgan fingerprint density at radius 2 is 0.339 bits per heavy atom. The first kappa shape index (κ1) is 93.2. The third kappa shape index (κ3) is 29.3. The molecule has 38 heteroatoms. The summed E-state index contributed by atoms with van der Waals surface area (Å²) in [5.41, 5.74) is -1.58. The number of nitrogens with one attached hydrogen (secondary N) is 7. The second-order valence-electron chi connectivity index (χ2n) is 26.1. The van der Waals surface area contributed by atoms with Gasteiger partial charge in [0, 0.05) is 33.4 Å². The first-order valence-corrected chi connectivity index (χ1v) is 36.7. The van der Waals surface area contributed by atoms with Crippen molar-refractivity contribution >= 4 is 89.3 Å². The molecule has 0 aliphatic heterocycles. The molecule has 7 rings (SSSR count). The van der Waals surface area contributed by atoms with E-state index in [0.717, 1.165) is 56.9 Å². The largest absolute Gasteiger partial charge is 0.492 e. The zero-order chi connectivity index (χ0) is 88.3. The van der Waals surface area contributed by atoms with Crippen molar-refractivity contribution in [2.75, 3.05) is 149 Å². The molecule has 0 heterocycles. The maximum Gasteiger partial charge on any atom is 0.407 e. The normalized spacial score (nSPS) is 10.6. The molecule has 0 saturated heterocycles. The molecule has 7 aromatic carbocycles. The summed E-state index contributed by atoms with van der Waals surface area (Å²) in [6.07, 6.45) is -0.745. The zero-order valence-corrected chi connectivity index (χ0v) is 67.7. The van der Waals surface area contributed by atoms with Crippen LogP contribution in [0.25, 0.3) is 0 Å². The van der Waals surface area contributed by atoms with E-state index in [1.165, 1.54) is 127 Å². The minimum absolute atomic E-state index is 0.00350. The van der Waals surface area contributed by atoms with Gasteiger partial charge in [-0.1, -0.05) is 0 Å². The highest BCUT2D eigenvalue weighted by atomic mass is 16.6. The predicted octanol–water partition coefficient (Wildman–Crippen LogP) is 5.74. The minimum Gasteiger partial charge on any atom is -0.492 e. The van der Waals surface area contributed by atoms with Gasteiger partial charge in [0.25, 0.3) is 35.4 Å². The molecule has 121 heavy (non-hydrogen) atoms. The molecule has 0 unspecified atom stereocenters. The summed E-state index contributed by atoms with van der Waals surface area (Å²) in [5, 5.41) is 18.6. The Morgan fingerprint density at radius 3 is 0.479 bits per heavy atom. The van der Waals surface area contributed by atoms with E-state index in [1.54, 1.807) is 20.8 Å². The highest BCUT2D eigenvalue weighted by Crippen LogP contribution is 2.27. The van der Waals surface area contributed by atoms with Crippen LogP contribution in [-0.2, 0) is 42.6 Å². The average Bonchev–Trinajstić information content (AvgIpc) is 0.829. The van der Waals surface area contributed by atoms with E-state index in [1.807, 2.05) is 0 Å². The van der Waals surface area contributed by atoms with Crippen LogP contribution in [0.5, 0.6) is 40.2 Å². The Hall–Kier alpha value is -15.0. The number of hydrogen-bond acceptors (Lipinski definition) is 31. The van der Waals surface area contributed by atoms with E-state index >= 15 is 0 Å². The summed E-state index contributed by atoms with van der Waals surface area (Å²) in [7, 11) is 9.20. The van der Waals surface area contributed by atoms with Crippen LogP contribution in [0.1, 0.15) is 166 Å². The van der Waals surface area contributed by atoms with Crippen molar-refractivity contribution in [3.63, 3.8) is 0 Å². The Labute approximate surface area is 692 Å². The smallest absolute Gasteiger partial charge is 0.407 e. The molecule has 0 spiro atoms. The summed E-state index contributed by atoms with van der Waals surface area (Å²) in [6.45, 7) is 2.26. The molecule has 0 aliphatic rings. The maximum absolute atomic E-state index is 14.1. The van der Waals surface area contributed by atoms with Crippen LogP contribution < -0.4 is 70.4 Å². The fourth-order valence-electron chi connectivity index (χ4n) is 10.7. The zero-order valence-electron chi connectivity index (χ0n) is 67.7. The van der Waals surface area contributed by atoms with Crippen LogP contribution in [0, 0.1) is 0 Å². The molecule has 0 aliphatic carbocycles. The second kappa shape index (κ2) is 46.1. The number of esters is 8. The van der Waals surface area contributed by atoms with Gasteiger partial charge < -0.3 is 113 Å². The van der Waals surface area contributed by atoms with E-state index in [-0.39, 0.29) is 210 Å². The highest BCUT2D eigenvalue weighted by molar-refractivity contribution is 6.04. The first-order valence-electron chi connectivity index (χ1n) is 36.7. The summed E-state index contributed by atoms with van der Waals surface area (Å²) in [6, 6.07) is 27.2. The Kier molecular flexibility index (Phi) is 35.5. The van der Waals surface area contributed by atoms with Crippen LogP contribution in [0.4, 0.5) is 4.79 Å². The molecule has 38 nitrogen and oxygen atoms in total. The van der Waals surface area contributed by atoms with Gasteiger partial charge in [0.15, 0.2) is 0 Å². The van der Waals surface area contributed by atoms with Crippen molar-refractivity contribution in [3.05, 3.63) is 205 Å². The number of benzene rings is 7. The van der Waals surface area contributed by atoms with E-state index in [0.29, 0.717) is 0 Å². The molecule has 0 radical (unpaired) electrons. The van der Waals surface area contributed by atoms with Gasteiger partial charge in [0.1, 0.15) is 92.1 Å². The number of carbonyl (C=O) groups is 15. The molecular weight excluding hydrogens is 1590 g/mol. The van der Waals surface area contributed by atoms with Crippen molar-refractivity contribution in [3.8, 4) is 40.2 Å². The van der Waals surface area contributed by atoms with E-state index < -0.39 is 94.9 Å². The maximum atomic E-state index is 14.1. The van der Waals surface area contributed by atoms with Gasteiger partial charge in [0.2, 0.25) is 0 Å². The van der Waals surface area contributed by atoms with Crippen LogP contribution in [0.2, 0.25) is 0 Å². The predicted molar refractivity (Wildman–Crippen MR) is 423 cm³/mol. The van der Waals surface area contributed by atoms with Crippen LogP contribution in [-0.4, -0.2) is 244 Å². The van der Waals surface area contributed by atoms with E-state index in [2.05, 4.69) is 37.2 Å². The lowest BCUT2D eigenvalue weighted by atomic mass is 10.1. The monoisotopic (exact) mass is 1680 g/mol. The van der Waals surface area contributed by atoms with Gasteiger partial charge in [-0.25, -0.2) is 43.2 Å². The van der Waals surface area contributed by atoms with Crippen molar-refractivity contribution in [2.24, 2.45) is 0 Å². The number of hydrogen-bond donors (Lipinski definition) is 7. The molecule has 7 amide bonds. The SMILES string of the molecule is COC(=O)c1cc(OCCNC(=O)c2cc(OCCNC(=O)c3cc(OCCNC(=O)OC(C)(C)C)cc(C(=O)NCCOc4cc(C(=O)NCCOc5cc(C(=O)OC)cc(C(=O)OC)c5)cc(C(=O)NCCOc5cc(C(=O)OC)cc(C(=O)OC)c5)c4)c3)cc(C(=O)NCCOc3cc(C(=O)OC)cc(C(=O)OC)c3)c2)cc(C(=O)OC)c1. The second-order valence-corrected chi connectivity index (χ2v) is 26.1. The molecule has 7 N–H and O–H groups in total. The molecule has 642 valence electrons. The quantitative estimate of drug-likeness (QED) is 0.0136. The third-order valence-corrected chi connectivity index (χ3v) is 16.3. The Bertz CT molecular complexity index is 4340. The topological polar surface area (TPSA) is 488 Å². The van der Waals surface area contributed by atoms with E-state index in [4.69, 9.17) is 75.8 Å². The number of alkyl carbamates (subject to hydrolysis) is 1. The minimum atomic E-state index is -0.825. The van der Waals surface area contributed by atoms with Crippen LogP contribution >= 0.6 is 0 Å². The first-order chi connectivity index (χ1) is 57.9. The van der Waals surface area contributed by atoms with Gasteiger partial charge in [0.05, 0.1) is 147 Å². The molecule has 0 fully saturated rings. The number of methoxy groups -OCH3 is 8. The van der Waals surface area contributed by atoms with Crippen molar-refractivity contribution < 1.29 is 148 Å². The highest BCUT2D eigenvalue weighted by Gasteiger charge is 2.24. The molecule has 0 atom stereocenters. The fourth-order valence-corrected chi connectivity index (χ4v) is 10.7. The lowest BCUT2D eigenvalue weighted by molar-refractivity contribution is 0.0514. The number of amides is 7. The molecular formula is C83H89N7O31. The number of carbonyl (C=O) groups excluding carboxylic acids is 15. The summed E-state index contributed by atoms with van der Waals surface area (Å²) < 4.78 is 84.7. The van der Waals surface area contributed by atoms with Crippen molar-refractivity contribution in [1.82, 2.24) is 37.2 Å². The van der Waals surface area contributed by atoms with Gasteiger partial charge in [-0.2, -0.15) is 0 Å². The van der Waals surface area contributed by atoms with Gasteiger partial charge in [-0.05, 0) is 148 Å². The fraction of sp³-hybridized carbons (Fsp3) is 0.313. The van der Waals surface area contributed by atoms with E-state index in [9.17, 15) is 71.9 Å². The number of rotatable bonds is 42.